The van der Waals surface area contributed by atoms with Crippen LogP contribution in [0.5, 0.6) is 0 Å². The van der Waals surface area contributed by atoms with Gasteiger partial charge in [-0.15, -0.1) is 0 Å². The quantitative estimate of drug-likeness (QED) is 0.671. The maximum Gasteiger partial charge on any atom is 0.433 e. The molecule has 0 N–H and O–H groups in total. The normalized spacial score (nSPS) is 12.3. The van der Waals surface area contributed by atoms with Crippen LogP contribution in [-0.2, 0) is 6.18 Å². The predicted molar refractivity (Wildman–Crippen MR) is 38.9 cm³/mol. The lowest BCUT2D eigenvalue weighted by atomic mass is 10.1. The highest BCUT2D eigenvalue weighted by Crippen LogP contribution is 2.32. The Hall–Kier alpha value is -1.27. The maximum atomic E-state index is 12.9. The van der Waals surface area contributed by atoms with Crippen molar-refractivity contribution in [2.24, 2.45) is 0 Å². The molecule has 0 spiro atoms. The molecule has 0 aliphatic heterocycles. The topological polar surface area (TPSA) is 12.9 Å². The van der Waals surface area contributed by atoms with E-state index >= 15 is 0 Å². The van der Waals surface area contributed by atoms with Gasteiger partial charge in [0.05, 0.1) is 5.56 Å². The summed E-state index contributed by atoms with van der Waals surface area (Å²) >= 11 is 0. The van der Waals surface area contributed by atoms with Gasteiger partial charge in [0, 0.05) is 11.8 Å². The number of rotatable bonds is 1. The monoisotopic (exact) mass is 229 g/mol. The Morgan fingerprint density at radius 1 is 1.27 bits per heavy atom. The Kier molecular flexibility index (Phi) is 2.92. The average molecular weight is 229 g/mol. The summed E-state index contributed by atoms with van der Waals surface area (Å²) in [5.41, 5.74) is -3.26. The molecule has 0 saturated carbocycles. The minimum absolute atomic E-state index is 0.0332. The second-order valence-corrected chi connectivity index (χ2v) is 2.79. The highest BCUT2D eigenvalue weighted by atomic mass is 19.4. The van der Waals surface area contributed by atoms with Crippen LogP contribution in [0.2, 0.25) is 0 Å². The second-order valence-electron chi connectivity index (χ2n) is 2.79. The van der Waals surface area contributed by atoms with Crippen LogP contribution in [0.3, 0.4) is 0 Å². The minimum Gasteiger partial charge on any atom is -0.248 e. The molecule has 84 valence electrons. The van der Waals surface area contributed by atoms with Crippen molar-refractivity contribution in [1.29, 1.82) is 0 Å². The number of pyridine rings is 1. The molecule has 1 aromatic rings. The van der Waals surface area contributed by atoms with Gasteiger partial charge in [-0.2, -0.15) is 13.2 Å². The van der Waals surface area contributed by atoms with E-state index in [1.165, 1.54) is 0 Å². The first kappa shape index (κ1) is 11.8. The van der Waals surface area contributed by atoms with Gasteiger partial charge in [0.2, 0.25) is 0 Å². The Morgan fingerprint density at radius 2 is 1.80 bits per heavy atom. The van der Waals surface area contributed by atoms with Gasteiger partial charge >= 0.3 is 6.18 Å². The van der Waals surface area contributed by atoms with Gasteiger partial charge in [-0.25, -0.2) is 18.2 Å². The van der Waals surface area contributed by atoms with Crippen LogP contribution < -0.4 is 0 Å². The number of alkyl halides is 5. The lowest BCUT2D eigenvalue weighted by molar-refractivity contribution is -0.141. The summed E-state index contributed by atoms with van der Waals surface area (Å²) in [5, 5.41) is 0. The number of hydrogen-bond donors (Lipinski definition) is 0. The lowest BCUT2D eigenvalue weighted by Gasteiger charge is -2.10. The summed E-state index contributed by atoms with van der Waals surface area (Å²) in [4.78, 5) is 2.88. The zero-order valence-corrected chi connectivity index (χ0v) is 7.37. The standard InChI is InChI=1S/C8H5F6N/c1-3-6(7(10)11)4(9)2-5(15-3)8(12,13)14/h2,7H,1H3. The number of aryl methyl sites for hydroxylation is 1. The summed E-state index contributed by atoms with van der Waals surface area (Å²) in [6.07, 6.45) is -8.02. The molecule has 1 rings (SSSR count). The van der Waals surface area contributed by atoms with Gasteiger partial charge in [0.15, 0.2) is 0 Å². The van der Waals surface area contributed by atoms with Crippen molar-refractivity contribution < 1.29 is 26.3 Å². The molecule has 7 heteroatoms. The molecule has 15 heavy (non-hydrogen) atoms. The molecule has 0 bridgehead atoms. The summed E-state index contributed by atoms with van der Waals surface area (Å²) in [6.45, 7) is 0.903. The van der Waals surface area contributed by atoms with Gasteiger partial charge in [-0.1, -0.05) is 0 Å². The second kappa shape index (κ2) is 3.71. The molecule has 0 amide bonds. The third-order valence-electron chi connectivity index (χ3n) is 1.71. The first-order valence-electron chi connectivity index (χ1n) is 3.76. The lowest BCUT2D eigenvalue weighted by Crippen LogP contribution is -2.11. The first-order valence-corrected chi connectivity index (χ1v) is 3.76. The Bertz CT molecular complexity index is 347. The summed E-state index contributed by atoms with van der Waals surface area (Å²) in [7, 11) is 0. The Labute approximate surface area is 80.7 Å². The van der Waals surface area contributed by atoms with E-state index in [4.69, 9.17) is 0 Å². The average Bonchev–Trinajstić information content (AvgIpc) is 1.99. The van der Waals surface area contributed by atoms with Crippen molar-refractivity contribution in [3.8, 4) is 0 Å². The molecule has 1 heterocycles. The van der Waals surface area contributed by atoms with E-state index in [-0.39, 0.29) is 6.07 Å². The van der Waals surface area contributed by atoms with Gasteiger partial charge in [0.1, 0.15) is 11.5 Å². The number of nitrogens with zero attached hydrogens (tertiary/aromatic N) is 1. The van der Waals surface area contributed by atoms with Crippen LogP contribution in [0, 0.1) is 12.7 Å². The minimum atomic E-state index is -4.84. The van der Waals surface area contributed by atoms with E-state index in [1.807, 2.05) is 0 Å². The SMILES string of the molecule is Cc1nc(C(F)(F)F)cc(F)c1C(F)F. The molecule has 0 radical (unpaired) electrons. The van der Waals surface area contributed by atoms with E-state index in [9.17, 15) is 26.3 Å². The highest BCUT2D eigenvalue weighted by Gasteiger charge is 2.34. The Morgan fingerprint density at radius 3 is 2.13 bits per heavy atom. The largest absolute Gasteiger partial charge is 0.433 e. The van der Waals surface area contributed by atoms with Gasteiger partial charge < -0.3 is 0 Å². The molecule has 0 atom stereocenters. The van der Waals surface area contributed by atoms with E-state index in [0.29, 0.717) is 0 Å². The molecular weight excluding hydrogens is 224 g/mol. The molecule has 0 aliphatic rings. The fourth-order valence-electron chi connectivity index (χ4n) is 1.05. The molecule has 1 nitrogen and oxygen atoms in total. The maximum absolute atomic E-state index is 12.9. The van der Waals surface area contributed by atoms with Crippen LogP contribution in [-0.4, -0.2) is 4.98 Å². The molecular formula is C8H5F6N. The van der Waals surface area contributed by atoms with E-state index < -0.39 is 35.4 Å². The van der Waals surface area contributed by atoms with Gasteiger partial charge in [-0.05, 0) is 6.92 Å². The smallest absolute Gasteiger partial charge is 0.248 e. The fourth-order valence-corrected chi connectivity index (χ4v) is 1.05. The van der Waals surface area contributed by atoms with Crippen molar-refractivity contribution in [1.82, 2.24) is 4.98 Å². The van der Waals surface area contributed by atoms with Crippen LogP contribution >= 0.6 is 0 Å². The van der Waals surface area contributed by atoms with Gasteiger partial charge in [-0.3, -0.25) is 0 Å². The molecule has 1 aromatic heterocycles. The zero-order valence-electron chi connectivity index (χ0n) is 7.37. The summed E-state index contributed by atoms with van der Waals surface area (Å²) in [6, 6.07) is -0.0332. The Balaban J connectivity index is 3.32. The van der Waals surface area contributed by atoms with Crippen molar-refractivity contribution in [3.05, 3.63) is 28.8 Å². The first-order chi connectivity index (χ1) is 6.73. The molecule has 0 aromatic carbocycles. The van der Waals surface area contributed by atoms with Crippen LogP contribution in [0.4, 0.5) is 26.3 Å². The van der Waals surface area contributed by atoms with E-state index in [1.54, 1.807) is 0 Å². The molecule has 0 unspecified atom stereocenters. The van der Waals surface area contributed by atoms with E-state index in [0.717, 1.165) is 6.92 Å². The third-order valence-corrected chi connectivity index (χ3v) is 1.71. The summed E-state index contributed by atoms with van der Waals surface area (Å²) < 4.78 is 73.4. The van der Waals surface area contributed by atoms with Crippen molar-refractivity contribution in [3.63, 3.8) is 0 Å². The van der Waals surface area contributed by atoms with Gasteiger partial charge in [0.25, 0.3) is 6.43 Å². The molecule has 0 saturated heterocycles. The van der Waals surface area contributed by atoms with Crippen molar-refractivity contribution in [2.75, 3.05) is 0 Å². The molecule has 0 aliphatic carbocycles. The van der Waals surface area contributed by atoms with Crippen LogP contribution in [0.25, 0.3) is 0 Å². The number of aromatic nitrogens is 1. The van der Waals surface area contributed by atoms with E-state index in [2.05, 4.69) is 4.98 Å². The predicted octanol–water partition coefficient (Wildman–Crippen LogP) is 3.49. The third kappa shape index (κ3) is 2.40. The zero-order chi connectivity index (χ0) is 11.8. The van der Waals surface area contributed by atoms with Crippen molar-refractivity contribution in [2.45, 2.75) is 19.5 Å². The number of halogens is 6. The fraction of sp³-hybridized carbons (Fsp3) is 0.375. The van der Waals surface area contributed by atoms with Crippen molar-refractivity contribution >= 4 is 0 Å². The van der Waals surface area contributed by atoms with Crippen LogP contribution in [0.1, 0.15) is 23.4 Å². The molecule has 0 fully saturated rings. The highest BCUT2D eigenvalue weighted by molar-refractivity contribution is 5.26. The van der Waals surface area contributed by atoms with Crippen LogP contribution in [0.15, 0.2) is 6.07 Å². The number of hydrogen-bond acceptors (Lipinski definition) is 1. The summed E-state index contributed by atoms with van der Waals surface area (Å²) in [5.74, 6) is -1.59.